The third-order valence-electron chi connectivity index (χ3n) is 4.08. The average molecular weight is 236 g/mol. The first-order chi connectivity index (χ1) is 8.04. The molecular weight excluding hydrogens is 214 g/mol. The fourth-order valence-electron chi connectivity index (χ4n) is 2.32. The number of aromatic nitrogens is 2. The largest absolute Gasteiger partial charge is 0.415 e. The van der Waals surface area contributed by atoms with Gasteiger partial charge >= 0.3 is 6.03 Å². The summed E-state index contributed by atoms with van der Waals surface area (Å²) in [6.45, 7) is 6.32. The predicted octanol–water partition coefficient (Wildman–Crippen LogP) is 1.79. The Morgan fingerprint density at radius 1 is 1.41 bits per heavy atom. The van der Waals surface area contributed by atoms with Crippen molar-refractivity contribution in [2.45, 2.75) is 33.1 Å². The second-order valence-corrected chi connectivity index (χ2v) is 5.42. The lowest BCUT2D eigenvalue weighted by molar-refractivity contribution is -0.670. The van der Waals surface area contributed by atoms with Crippen LogP contribution < -0.4 is 4.57 Å². The molecule has 0 N–H and O–H groups in total. The lowest BCUT2D eigenvalue weighted by Crippen LogP contribution is -2.43. The van der Waals surface area contributed by atoms with Crippen molar-refractivity contribution in [2.75, 3.05) is 13.1 Å². The third kappa shape index (κ3) is 2.51. The van der Waals surface area contributed by atoms with Gasteiger partial charge in [0.2, 0.25) is 0 Å². The Balaban J connectivity index is 1.99. The van der Waals surface area contributed by atoms with Crippen molar-refractivity contribution < 1.29 is 9.36 Å². The topological polar surface area (TPSA) is 29.1 Å². The predicted molar refractivity (Wildman–Crippen MR) is 65.6 cm³/mol. The molecule has 1 aliphatic heterocycles. The highest BCUT2D eigenvalue weighted by molar-refractivity contribution is 5.76. The third-order valence-corrected chi connectivity index (χ3v) is 4.08. The van der Waals surface area contributed by atoms with Gasteiger partial charge in [-0.15, -0.1) is 0 Å². The summed E-state index contributed by atoms with van der Waals surface area (Å²) < 4.78 is 3.55. The standard InChI is InChI=1S/C13H22N3O/c1-4-13(2)5-7-15(8-6-13)12(17)16-10-9-14(3)11-16/h9-11H,4-8H2,1-3H3/q+1. The Kier molecular flexibility index (Phi) is 3.22. The number of aryl methyl sites for hydroxylation is 1. The van der Waals surface area contributed by atoms with Crippen LogP contribution in [-0.4, -0.2) is 28.6 Å². The monoisotopic (exact) mass is 236 g/mol. The van der Waals surface area contributed by atoms with E-state index in [1.165, 1.54) is 6.42 Å². The van der Waals surface area contributed by atoms with Crippen molar-refractivity contribution in [1.29, 1.82) is 0 Å². The summed E-state index contributed by atoms with van der Waals surface area (Å²) in [6, 6.07) is 0.101. The first kappa shape index (κ1) is 12.1. The number of hydrogen-bond donors (Lipinski definition) is 0. The van der Waals surface area contributed by atoms with Gasteiger partial charge < -0.3 is 4.90 Å². The van der Waals surface area contributed by atoms with Crippen LogP contribution in [0.25, 0.3) is 0 Å². The normalized spacial score (nSPS) is 19.4. The maximum Gasteiger partial charge on any atom is 0.415 e. The molecule has 0 atom stereocenters. The Bertz CT molecular complexity index is 403. The van der Waals surface area contributed by atoms with E-state index < -0.39 is 0 Å². The molecular formula is C13H22N3O+. The molecule has 0 saturated carbocycles. The van der Waals surface area contributed by atoms with Crippen LogP contribution in [0.5, 0.6) is 0 Å². The molecule has 0 aromatic carbocycles. The molecule has 0 bridgehead atoms. The van der Waals surface area contributed by atoms with Gasteiger partial charge in [-0.25, -0.2) is 9.36 Å². The Morgan fingerprint density at radius 3 is 2.53 bits per heavy atom. The Labute approximate surface area is 103 Å². The number of piperidine rings is 1. The van der Waals surface area contributed by atoms with Gasteiger partial charge in [-0.3, -0.25) is 0 Å². The van der Waals surface area contributed by atoms with E-state index in [0.29, 0.717) is 5.41 Å². The lowest BCUT2D eigenvalue weighted by Gasteiger charge is -2.37. The van der Waals surface area contributed by atoms with Crippen molar-refractivity contribution >= 4 is 6.03 Å². The van der Waals surface area contributed by atoms with Crippen LogP contribution in [0.1, 0.15) is 33.1 Å². The van der Waals surface area contributed by atoms with E-state index in [1.54, 1.807) is 4.57 Å². The summed E-state index contributed by atoms with van der Waals surface area (Å²) in [6.07, 6.45) is 8.95. The highest BCUT2D eigenvalue weighted by Gasteiger charge is 2.32. The molecule has 0 aliphatic carbocycles. The van der Waals surface area contributed by atoms with Crippen molar-refractivity contribution in [3.8, 4) is 0 Å². The summed E-state index contributed by atoms with van der Waals surface area (Å²) in [5.41, 5.74) is 0.429. The molecule has 2 heterocycles. The van der Waals surface area contributed by atoms with E-state index in [9.17, 15) is 4.79 Å². The smallest absolute Gasteiger partial charge is 0.304 e. The second kappa shape index (κ2) is 4.51. The number of hydrogen-bond acceptors (Lipinski definition) is 1. The zero-order valence-electron chi connectivity index (χ0n) is 11.0. The minimum Gasteiger partial charge on any atom is -0.304 e. The molecule has 0 unspecified atom stereocenters. The van der Waals surface area contributed by atoms with E-state index in [-0.39, 0.29) is 6.03 Å². The lowest BCUT2D eigenvalue weighted by atomic mass is 9.78. The van der Waals surface area contributed by atoms with Gasteiger partial charge in [-0.1, -0.05) is 20.3 Å². The molecule has 1 amide bonds. The maximum atomic E-state index is 12.2. The Hall–Kier alpha value is -1.32. The minimum absolute atomic E-state index is 0.101. The minimum atomic E-state index is 0.101. The van der Waals surface area contributed by atoms with Crippen LogP contribution in [0, 0.1) is 5.41 Å². The molecule has 17 heavy (non-hydrogen) atoms. The first-order valence-electron chi connectivity index (χ1n) is 6.36. The molecule has 0 radical (unpaired) electrons. The summed E-state index contributed by atoms with van der Waals surface area (Å²) in [5, 5.41) is 0. The average Bonchev–Trinajstić information content (AvgIpc) is 2.76. The number of nitrogens with zero attached hydrogens (tertiary/aromatic N) is 3. The molecule has 4 nitrogen and oxygen atoms in total. The highest BCUT2D eigenvalue weighted by Crippen LogP contribution is 2.33. The highest BCUT2D eigenvalue weighted by atomic mass is 16.2. The SMILES string of the molecule is CCC1(C)CCN(C(=O)n2cc[n+](C)c2)CC1. The number of rotatable bonds is 1. The number of carbonyl (C=O) groups excluding carboxylic acids is 1. The fourth-order valence-corrected chi connectivity index (χ4v) is 2.32. The zero-order chi connectivity index (χ0) is 12.5. The molecule has 0 spiro atoms. The van der Waals surface area contributed by atoms with Crippen LogP contribution >= 0.6 is 0 Å². The van der Waals surface area contributed by atoms with E-state index in [0.717, 1.165) is 25.9 Å². The van der Waals surface area contributed by atoms with Gasteiger partial charge in [0.15, 0.2) is 0 Å². The number of amides is 1. The van der Waals surface area contributed by atoms with Crippen LogP contribution in [0.4, 0.5) is 4.79 Å². The first-order valence-corrected chi connectivity index (χ1v) is 6.36. The molecule has 1 aromatic heterocycles. The van der Waals surface area contributed by atoms with E-state index in [2.05, 4.69) is 13.8 Å². The van der Waals surface area contributed by atoms with Gasteiger partial charge in [0.05, 0.1) is 7.05 Å². The number of imidazole rings is 1. The quantitative estimate of drug-likeness (QED) is 0.684. The van der Waals surface area contributed by atoms with E-state index in [1.807, 2.05) is 35.2 Å². The van der Waals surface area contributed by atoms with Crippen LogP contribution in [0.2, 0.25) is 0 Å². The van der Waals surface area contributed by atoms with Gasteiger partial charge in [0.1, 0.15) is 12.4 Å². The van der Waals surface area contributed by atoms with E-state index in [4.69, 9.17) is 0 Å². The molecule has 1 saturated heterocycles. The van der Waals surface area contributed by atoms with Crippen LogP contribution in [0.15, 0.2) is 18.7 Å². The number of likely N-dealkylation sites (tertiary alicyclic amines) is 1. The van der Waals surface area contributed by atoms with Gasteiger partial charge in [-0.05, 0) is 18.3 Å². The molecule has 1 aliphatic rings. The molecule has 1 aromatic rings. The summed E-state index contributed by atoms with van der Waals surface area (Å²) in [4.78, 5) is 14.1. The van der Waals surface area contributed by atoms with E-state index >= 15 is 0 Å². The maximum absolute atomic E-state index is 12.2. The van der Waals surface area contributed by atoms with Crippen molar-refractivity contribution in [1.82, 2.24) is 9.47 Å². The Morgan fingerprint density at radius 2 is 2.06 bits per heavy atom. The van der Waals surface area contributed by atoms with Gasteiger partial charge in [-0.2, -0.15) is 4.57 Å². The summed E-state index contributed by atoms with van der Waals surface area (Å²) in [5.74, 6) is 0. The summed E-state index contributed by atoms with van der Waals surface area (Å²) in [7, 11) is 1.92. The molecule has 4 heteroatoms. The van der Waals surface area contributed by atoms with Crippen LogP contribution in [0.3, 0.4) is 0 Å². The van der Waals surface area contributed by atoms with Gasteiger partial charge in [0.25, 0.3) is 6.33 Å². The summed E-state index contributed by atoms with van der Waals surface area (Å²) >= 11 is 0. The van der Waals surface area contributed by atoms with Gasteiger partial charge in [0, 0.05) is 13.1 Å². The van der Waals surface area contributed by atoms with Crippen molar-refractivity contribution in [3.63, 3.8) is 0 Å². The van der Waals surface area contributed by atoms with Crippen molar-refractivity contribution in [2.24, 2.45) is 12.5 Å². The van der Waals surface area contributed by atoms with Crippen molar-refractivity contribution in [3.05, 3.63) is 18.7 Å². The molecule has 2 rings (SSSR count). The fraction of sp³-hybridized carbons (Fsp3) is 0.692. The second-order valence-electron chi connectivity index (χ2n) is 5.42. The van der Waals surface area contributed by atoms with Crippen LogP contribution in [-0.2, 0) is 7.05 Å². The molecule has 94 valence electrons. The number of carbonyl (C=O) groups is 1. The molecule has 1 fully saturated rings. The zero-order valence-corrected chi connectivity index (χ0v) is 11.0.